The number of halogens is 2. The van der Waals surface area contributed by atoms with Gasteiger partial charge in [0, 0.05) is 16.1 Å². The van der Waals surface area contributed by atoms with E-state index in [0.29, 0.717) is 22.1 Å². The van der Waals surface area contributed by atoms with Crippen molar-refractivity contribution in [3.63, 3.8) is 0 Å². The third-order valence-corrected chi connectivity index (χ3v) is 3.41. The SMILES string of the molecule is COc1cccc2c(Nc3ccc(Cl)cc3)nc(Cl)nc12. The lowest BCUT2D eigenvalue weighted by Gasteiger charge is -2.11. The average molecular weight is 320 g/mol. The number of ether oxygens (including phenoxy) is 1. The van der Waals surface area contributed by atoms with E-state index in [0.717, 1.165) is 11.1 Å². The van der Waals surface area contributed by atoms with Crippen molar-refractivity contribution in [2.45, 2.75) is 0 Å². The smallest absolute Gasteiger partial charge is 0.225 e. The first-order valence-corrected chi connectivity index (χ1v) is 6.96. The number of benzene rings is 2. The molecular formula is C15H11Cl2N3O. The molecule has 0 saturated heterocycles. The van der Waals surface area contributed by atoms with Crippen molar-refractivity contribution in [3.05, 3.63) is 52.8 Å². The maximum atomic E-state index is 6.01. The summed E-state index contributed by atoms with van der Waals surface area (Å²) in [6.45, 7) is 0. The van der Waals surface area contributed by atoms with E-state index in [1.807, 2.05) is 30.3 Å². The van der Waals surface area contributed by atoms with Crippen LogP contribution in [0.4, 0.5) is 11.5 Å². The molecule has 3 aromatic rings. The van der Waals surface area contributed by atoms with Crippen molar-refractivity contribution in [2.75, 3.05) is 12.4 Å². The van der Waals surface area contributed by atoms with Gasteiger partial charge >= 0.3 is 0 Å². The van der Waals surface area contributed by atoms with Gasteiger partial charge in [-0.3, -0.25) is 0 Å². The highest BCUT2D eigenvalue weighted by Crippen LogP contribution is 2.31. The Bertz CT molecular complexity index is 791. The lowest BCUT2D eigenvalue weighted by atomic mass is 10.2. The standard InChI is InChI=1S/C15H11Cl2N3O/c1-21-12-4-2-3-11-13(12)19-15(17)20-14(11)18-10-7-5-9(16)6-8-10/h2-8H,1H3,(H,18,19,20). The Hall–Kier alpha value is -2.04. The number of aromatic nitrogens is 2. The highest BCUT2D eigenvalue weighted by atomic mass is 35.5. The molecule has 0 radical (unpaired) electrons. The highest BCUT2D eigenvalue weighted by Gasteiger charge is 2.10. The molecule has 1 aromatic heterocycles. The minimum atomic E-state index is 0.156. The molecule has 3 rings (SSSR count). The van der Waals surface area contributed by atoms with Crippen molar-refractivity contribution < 1.29 is 4.74 Å². The molecule has 0 unspecified atom stereocenters. The Balaban J connectivity index is 2.11. The molecule has 0 atom stereocenters. The van der Waals surface area contributed by atoms with Crippen LogP contribution in [0.25, 0.3) is 10.9 Å². The molecule has 0 saturated carbocycles. The van der Waals surface area contributed by atoms with E-state index in [-0.39, 0.29) is 5.28 Å². The Labute approximate surface area is 131 Å². The highest BCUT2D eigenvalue weighted by molar-refractivity contribution is 6.30. The molecule has 2 aromatic carbocycles. The number of methoxy groups -OCH3 is 1. The molecule has 0 bridgehead atoms. The van der Waals surface area contributed by atoms with Crippen molar-refractivity contribution in [1.82, 2.24) is 9.97 Å². The van der Waals surface area contributed by atoms with Gasteiger partial charge in [0.15, 0.2) is 0 Å². The topological polar surface area (TPSA) is 47.0 Å². The normalized spacial score (nSPS) is 10.6. The number of hydrogen-bond donors (Lipinski definition) is 1. The molecule has 0 aliphatic carbocycles. The first-order valence-electron chi connectivity index (χ1n) is 6.20. The second-order valence-electron chi connectivity index (χ2n) is 4.33. The zero-order valence-electron chi connectivity index (χ0n) is 11.1. The number of para-hydroxylation sites is 1. The average Bonchev–Trinajstić information content (AvgIpc) is 2.49. The summed E-state index contributed by atoms with van der Waals surface area (Å²) in [6, 6.07) is 13.0. The first kappa shape index (κ1) is 13.9. The summed E-state index contributed by atoms with van der Waals surface area (Å²) in [4.78, 5) is 8.48. The summed E-state index contributed by atoms with van der Waals surface area (Å²) in [7, 11) is 1.59. The van der Waals surface area contributed by atoms with E-state index in [1.54, 1.807) is 19.2 Å². The van der Waals surface area contributed by atoms with Gasteiger partial charge in [-0.1, -0.05) is 17.7 Å². The van der Waals surface area contributed by atoms with Crippen LogP contribution in [0.3, 0.4) is 0 Å². The van der Waals surface area contributed by atoms with Crippen LogP contribution in [-0.4, -0.2) is 17.1 Å². The molecule has 0 fully saturated rings. The Kier molecular flexibility index (Phi) is 3.82. The summed E-state index contributed by atoms with van der Waals surface area (Å²) in [5.74, 6) is 1.27. The van der Waals surface area contributed by atoms with E-state index in [4.69, 9.17) is 27.9 Å². The zero-order chi connectivity index (χ0) is 14.8. The number of nitrogens with zero attached hydrogens (tertiary/aromatic N) is 2. The predicted molar refractivity (Wildman–Crippen MR) is 85.8 cm³/mol. The van der Waals surface area contributed by atoms with E-state index in [2.05, 4.69) is 15.3 Å². The third kappa shape index (κ3) is 2.86. The molecule has 6 heteroatoms. The van der Waals surface area contributed by atoms with Crippen LogP contribution in [0, 0.1) is 0 Å². The molecule has 106 valence electrons. The van der Waals surface area contributed by atoms with Crippen molar-refractivity contribution in [2.24, 2.45) is 0 Å². The lowest BCUT2D eigenvalue weighted by molar-refractivity contribution is 0.419. The molecule has 1 heterocycles. The van der Waals surface area contributed by atoms with Gasteiger partial charge < -0.3 is 10.1 Å². The molecule has 0 aliphatic rings. The minimum Gasteiger partial charge on any atom is -0.494 e. The summed E-state index contributed by atoms with van der Waals surface area (Å²) >= 11 is 11.9. The second-order valence-corrected chi connectivity index (χ2v) is 5.10. The third-order valence-electron chi connectivity index (χ3n) is 2.99. The van der Waals surface area contributed by atoms with Crippen LogP contribution in [0.2, 0.25) is 10.3 Å². The summed E-state index contributed by atoms with van der Waals surface area (Å²) in [5.41, 5.74) is 1.52. The molecule has 0 aliphatic heterocycles. The summed E-state index contributed by atoms with van der Waals surface area (Å²) in [6.07, 6.45) is 0. The van der Waals surface area contributed by atoms with E-state index in [9.17, 15) is 0 Å². The van der Waals surface area contributed by atoms with Crippen molar-refractivity contribution in [3.8, 4) is 5.75 Å². The monoisotopic (exact) mass is 319 g/mol. The van der Waals surface area contributed by atoms with Gasteiger partial charge in [-0.05, 0) is 48.0 Å². The number of nitrogens with one attached hydrogen (secondary N) is 1. The van der Waals surface area contributed by atoms with Crippen LogP contribution in [0.5, 0.6) is 5.75 Å². The molecule has 0 spiro atoms. The molecule has 4 nitrogen and oxygen atoms in total. The summed E-state index contributed by atoms with van der Waals surface area (Å²) in [5, 5.41) is 4.87. The van der Waals surface area contributed by atoms with E-state index in [1.165, 1.54) is 0 Å². The van der Waals surface area contributed by atoms with Crippen LogP contribution in [0.15, 0.2) is 42.5 Å². The van der Waals surface area contributed by atoms with Crippen LogP contribution < -0.4 is 10.1 Å². The second kappa shape index (κ2) is 5.76. The van der Waals surface area contributed by atoms with Crippen molar-refractivity contribution >= 4 is 45.6 Å². The van der Waals surface area contributed by atoms with Crippen LogP contribution >= 0.6 is 23.2 Å². The molecular weight excluding hydrogens is 309 g/mol. The van der Waals surface area contributed by atoms with Crippen molar-refractivity contribution in [1.29, 1.82) is 0 Å². The quantitative estimate of drug-likeness (QED) is 0.711. The Morgan fingerprint density at radius 1 is 1.00 bits per heavy atom. The maximum absolute atomic E-state index is 6.01. The first-order chi connectivity index (χ1) is 10.2. The van der Waals surface area contributed by atoms with Gasteiger partial charge in [-0.25, -0.2) is 4.98 Å². The van der Waals surface area contributed by atoms with E-state index < -0.39 is 0 Å². The number of anilines is 2. The molecule has 1 N–H and O–H groups in total. The fourth-order valence-corrected chi connectivity index (χ4v) is 2.32. The van der Waals surface area contributed by atoms with Gasteiger partial charge in [0.05, 0.1) is 7.11 Å². The fraction of sp³-hybridized carbons (Fsp3) is 0.0667. The predicted octanol–water partition coefficient (Wildman–Crippen LogP) is 4.69. The van der Waals surface area contributed by atoms with E-state index >= 15 is 0 Å². The maximum Gasteiger partial charge on any atom is 0.225 e. The lowest BCUT2D eigenvalue weighted by Crippen LogP contribution is -1.98. The summed E-state index contributed by atoms with van der Waals surface area (Å²) < 4.78 is 5.31. The van der Waals surface area contributed by atoms with Crippen LogP contribution in [0.1, 0.15) is 0 Å². The minimum absolute atomic E-state index is 0.156. The number of hydrogen-bond acceptors (Lipinski definition) is 4. The van der Waals surface area contributed by atoms with Gasteiger partial charge in [0.2, 0.25) is 5.28 Å². The molecule has 21 heavy (non-hydrogen) atoms. The fourth-order valence-electron chi connectivity index (χ4n) is 2.03. The van der Waals surface area contributed by atoms with Gasteiger partial charge in [0.25, 0.3) is 0 Å². The Morgan fingerprint density at radius 2 is 1.76 bits per heavy atom. The van der Waals surface area contributed by atoms with Gasteiger partial charge in [0.1, 0.15) is 17.1 Å². The number of fused-ring (bicyclic) bond motifs is 1. The van der Waals surface area contributed by atoms with Crippen LogP contribution in [-0.2, 0) is 0 Å². The largest absolute Gasteiger partial charge is 0.494 e. The van der Waals surface area contributed by atoms with Gasteiger partial charge in [-0.15, -0.1) is 0 Å². The molecule has 0 amide bonds. The zero-order valence-corrected chi connectivity index (χ0v) is 12.6. The van der Waals surface area contributed by atoms with Gasteiger partial charge in [-0.2, -0.15) is 4.98 Å². The Morgan fingerprint density at radius 3 is 2.48 bits per heavy atom. The number of rotatable bonds is 3.